The molecule has 0 aliphatic heterocycles. The highest BCUT2D eigenvalue weighted by molar-refractivity contribution is 7.16. The number of nitrogens with one attached hydrogen (secondary N) is 1. The highest BCUT2D eigenvalue weighted by Gasteiger charge is 2.21. The number of allylic oxidation sites excluding steroid dienone is 1. The number of carbonyl (C=O) groups is 2. The largest absolute Gasteiger partial charge is 0.478 e. The van der Waals surface area contributed by atoms with Gasteiger partial charge in [0.25, 0.3) is 0 Å². The number of amides is 1. The SMILES string of the molecule is C=CCCC(=O)Nc1sc(C)c(CC)c1C(=O)O. The summed E-state index contributed by atoms with van der Waals surface area (Å²) in [4.78, 5) is 23.8. The Morgan fingerprint density at radius 1 is 1.50 bits per heavy atom. The van der Waals surface area contributed by atoms with Crippen molar-refractivity contribution in [1.29, 1.82) is 0 Å². The normalized spacial score (nSPS) is 10.1. The molecule has 0 aliphatic rings. The van der Waals surface area contributed by atoms with E-state index in [-0.39, 0.29) is 11.5 Å². The fourth-order valence-corrected chi connectivity index (χ4v) is 2.89. The van der Waals surface area contributed by atoms with E-state index in [1.165, 1.54) is 11.3 Å². The molecule has 1 heterocycles. The fourth-order valence-electron chi connectivity index (χ4n) is 1.74. The quantitative estimate of drug-likeness (QED) is 0.778. The zero-order valence-corrected chi connectivity index (χ0v) is 11.4. The molecule has 0 aromatic carbocycles. The standard InChI is InChI=1S/C13H17NO3S/c1-4-6-7-10(15)14-12-11(13(16)17)9(5-2)8(3)18-12/h4H,1,5-7H2,2-3H3,(H,14,15)(H,16,17). The van der Waals surface area contributed by atoms with Gasteiger partial charge in [-0.1, -0.05) is 13.0 Å². The van der Waals surface area contributed by atoms with Gasteiger partial charge in [-0.05, 0) is 25.3 Å². The van der Waals surface area contributed by atoms with Gasteiger partial charge >= 0.3 is 5.97 Å². The molecule has 0 fully saturated rings. The lowest BCUT2D eigenvalue weighted by molar-refractivity contribution is -0.116. The van der Waals surface area contributed by atoms with Gasteiger partial charge in [-0.15, -0.1) is 17.9 Å². The predicted molar refractivity (Wildman–Crippen MR) is 73.5 cm³/mol. The van der Waals surface area contributed by atoms with Crippen LogP contribution in [0.1, 0.15) is 40.6 Å². The van der Waals surface area contributed by atoms with Crippen LogP contribution in [0.2, 0.25) is 0 Å². The number of aromatic carboxylic acids is 1. The predicted octanol–water partition coefficient (Wildman–Crippen LogP) is 3.22. The zero-order chi connectivity index (χ0) is 13.7. The van der Waals surface area contributed by atoms with Crippen LogP contribution >= 0.6 is 11.3 Å². The highest BCUT2D eigenvalue weighted by atomic mass is 32.1. The first-order valence-corrected chi connectivity index (χ1v) is 6.59. The van der Waals surface area contributed by atoms with E-state index >= 15 is 0 Å². The molecular formula is C13H17NO3S. The average molecular weight is 267 g/mol. The molecule has 0 spiro atoms. The Morgan fingerprint density at radius 3 is 2.67 bits per heavy atom. The number of hydrogen-bond acceptors (Lipinski definition) is 3. The van der Waals surface area contributed by atoms with Crippen molar-refractivity contribution in [2.24, 2.45) is 0 Å². The van der Waals surface area contributed by atoms with Gasteiger partial charge < -0.3 is 10.4 Å². The molecule has 0 bridgehead atoms. The average Bonchev–Trinajstić information content (AvgIpc) is 2.62. The molecule has 18 heavy (non-hydrogen) atoms. The number of hydrogen-bond donors (Lipinski definition) is 2. The number of carboxylic acid groups (broad SMARTS) is 1. The van der Waals surface area contributed by atoms with Gasteiger partial charge in [-0.3, -0.25) is 4.79 Å². The van der Waals surface area contributed by atoms with Gasteiger partial charge in [0, 0.05) is 11.3 Å². The minimum absolute atomic E-state index is 0.179. The maximum atomic E-state index is 11.6. The molecule has 0 aliphatic carbocycles. The van der Waals surface area contributed by atoms with Crippen molar-refractivity contribution in [3.05, 3.63) is 28.7 Å². The van der Waals surface area contributed by atoms with Crippen LogP contribution in [0.15, 0.2) is 12.7 Å². The molecular weight excluding hydrogens is 250 g/mol. The molecule has 0 atom stereocenters. The van der Waals surface area contributed by atoms with E-state index in [4.69, 9.17) is 0 Å². The summed E-state index contributed by atoms with van der Waals surface area (Å²) in [6.45, 7) is 7.32. The molecule has 1 aromatic heterocycles. The van der Waals surface area contributed by atoms with Crippen LogP contribution in [0, 0.1) is 6.92 Å². The monoisotopic (exact) mass is 267 g/mol. The third kappa shape index (κ3) is 3.20. The summed E-state index contributed by atoms with van der Waals surface area (Å²) in [5.41, 5.74) is 1.03. The van der Waals surface area contributed by atoms with Gasteiger partial charge in [0.05, 0.1) is 5.56 Å². The van der Waals surface area contributed by atoms with Crippen molar-refractivity contribution < 1.29 is 14.7 Å². The van der Waals surface area contributed by atoms with E-state index < -0.39 is 5.97 Å². The van der Waals surface area contributed by atoms with Crippen LogP contribution in [0.5, 0.6) is 0 Å². The lowest BCUT2D eigenvalue weighted by Crippen LogP contribution is -2.13. The second-order valence-corrected chi connectivity index (χ2v) is 5.10. The van der Waals surface area contributed by atoms with E-state index in [1.807, 2.05) is 13.8 Å². The number of rotatable bonds is 6. The fraction of sp³-hybridized carbons (Fsp3) is 0.385. The Bertz CT molecular complexity index is 477. The molecule has 2 N–H and O–H groups in total. The van der Waals surface area contributed by atoms with Gasteiger partial charge in [0.2, 0.25) is 5.91 Å². The Labute approximate surface area is 110 Å². The zero-order valence-electron chi connectivity index (χ0n) is 10.6. The highest BCUT2D eigenvalue weighted by Crippen LogP contribution is 2.33. The van der Waals surface area contributed by atoms with Gasteiger partial charge in [0.1, 0.15) is 5.00 Å². The smallest absolute Gasteiger partial charge is 0.339 e. The lowest BCUT2D eigenvalue weighted by Gasteiger charge is -2.04. The van der Waals surface area contributed by atoms with Crippen LogP contribution in [-0.2, 0) is 11.2 Å². The topological polar surface area (TPSA) is 66.4 Å². The van der Waals surface area contributed by atoms with E-state index in [1.54, 1.807) is 6.08 Å². The summed E-state index contributed by atoms with van der Waals surface area (Å²) in [6.07, 6.45) is 3.21. The van der Waals surface area contributed by atoms with Crippen molar-refractivity contribution in [2.45, 2.75) is 33.1 Å². The molecule has 1 aromatic rings. The van der Waals surface area contributed by atoms with E-state index in [0.29, 0.717) is 24.3 Å². The first-order chi connectivity index (χ1) is 8.51. The Hall–Kier alpha value is -1.62. The Balaban J connectivity index is 2.98. The molecule has 0 unspecified atom stereocenters. The van der Waals surface area contributed by atoms with Crippen LogP contribution < -0.4 is 5.32 Å². The Morgan fingerprint density at radius 2 is 2.17 bits per heavy atom. The first-order valence-electron chi connectivity index (χ1n) is 5.77. The van der Waals surface area contributed by atoms with E-state index in [2.05, 4.69) is 11.9 Å². The summed E-state index contributed by atoms with van der Waals surface area (Å²) in [5.74, 6) is -1.17. The second kappa shape index (κ2) is 6.35. The number of aryl methyl sites for hydroxylation is 1. The van der Waals surface area contributed by atoms with Crippen LogP contribution in [0.4, 0.5) is 5.00 Å². The summed E-state index contributed by atoms with van der Waals surface area (Å²) in [7, 11) is 0. The summed E-state index contributed by atoms with van der Waals surface area (Å²) in [5, 5.41) is 12.3. The minimum Gasteiger partial charge on any atom is -0.478 e. The molecule has 98 valence electrons. The number of thiophene rings is 1. The molecule has 0 radical (unpaired) electrons. The van der Waals surface area contributed by atoms with Crippen molar-refractivity contribution in [3.8, 4) is 0 Å². The molecule has 4 nitrogen and oxygen atoms in total. The number of carbonyl (C=O) groups excluding carboxylic acids is 1. The van der Waals surface area contributed by atoms with Crippen molar-refractivity contribution >= 4 is 28.2 Å². The number of carboxylic acids is 1. The van der Waals surface area contributed by atoms with Crippen molar-refractivity contribution in [1.82, 2.24) is 0 Å². The molecule has 0 saturated carbocycles. The summed E-state index contributed by atoms with van der Waals surface area (Å²) in [6, 6.07) is 0. The third-order valence-corrected chi connectivity index (χ3v) is 3.67. The first kappa shape index (κ1) is 14.4. The third-order valence-electron chi connectivity index (χ3n) is 2.60. The second-order valence-electron chi connectivity index (χ2n) is 3.88. The van der Waals surface area contributed by atoms with Crippen LogP contribution in [-0.4, -0.2) is 17.0 Å². The number of anilines is 1. The van der Waals surface area contributed by atoms with Crippen molar-refractivity contribution in [2.75, 3.05) is 5.32 Å². The molecule has 1 rings (SSSR count). The van der Waals surface area contributed by atoms with Crippen molar-refractivity contribution in [3.63, 3.8) is 0 Å². The summed E-state index contributed by atoms with van der Waals surface area (Å²) < 4.78 is 0. The Kier molecular flexibility index (Phi) is 5.09. The minimum atomic E-state index is -0.991. The molecule has 5 heteroatoms. The van der Waals surface area contributed by atoms with E-state index in [9.17, 15) is 14.7 Å². The van der Waals surface area contributed by atoms with Crippen LogP contribution in [0.25, 0.3) is 0 Å². The van der Waals surface area contributed by atoms with E-state index in [0.717, 1.165) is 10.4 Å². The maximum absolute atomic E-state index is 11.6. The van der Waals surface area contributed by atoms with Gasteiger partial charge in [-0.25, -0.2) is 4.79 Å². The molecule has 1 amide bonds. The van der Waals surface area contributed by atoms with Gasteiger partial charge in [0.15, 0.2) is 0 Å². The van der Waals surface area contributed by atoms with Crippen LogP contribution in [0.3, 0.4) is 0 Å². The molecule has 0 saturated heterocycles. The maximum Gasteiger partial charge on any atom is 0.339 e. The van der Waals surface area contributed by atoms with Gasteiger partial charge in [-0.2, -0.15) is 0 Å². The lowest BCUT2D eigenvalue weighted by atomic mass is 10.1. The summed E-state index contributed by atoms with van der Waals surface area (Å²) >= 11 is 1.32.